The number of carbonyl (C=O) groups excluding carboxylic acids is 1. The van der Waals surface area contributed by atoms with Crippen LogP contribution in [0.5, 0.6) is 11.5 Å². The molecule has 2 rings (SSSR count). The maximum atomic E-state index is 13.6. The van der Waals surface area contributed by atoms with Gasteiger partial charge in [-0.1, -0.05) is 17.7 Å². The Morgan fingerprint density at radius 3 is 2.73 bits per heavy atom. The molecule has 0 saturated heterocycles. The fourth-order valence-electron chi connectivity index (χ4n) is 1.83. The lowest BCUT2D eigenvalue weighted by molar-refractivity contribution is -0.133. The molecule has 0 aliphatic rings. The van der Waals surface area contributed by atoms with Crippen LogP contribution in [0.15, 0.2) is 36.4 Å². The summed E-state index contributed by atoms with van der Waals surface area (Å²) in [5.41, 5.74) is 0.440. The number of hydrogen-bond acceptors (Lipinski definition) is 4. The van der Waals surface area contributed by atoms with Gasteiger partial charge >= 0.3 is 5.97 Å². The van der Waals surface area contributed by atoms with Crippen molar-refractivity contribution in [1.82, 2.24) is 0 Å². The first kappa shape index (κ1) is 15.8. The smallest absolute Gasteiger partial charge is 0.315 e. The molecule has 0 amide bonds. The Morgan fingerprint density at radius 2 is 2.09 bits per heavy atom. The van der Waals surface area contributed by atoms with Crippen LogP contribution in [0.2, 0.25) is 5.02 Å². The first-order valence-corrected chi connectivity index (χ1v) is 6.64. The molecule has 0 radical (unpaired) electrons. The van der Waals surface area contributed by atoms with E-state index >= 15 is 0 Å². The molecular weight excluding hydrogens is 309 g/mol. The summed E-state index contributed by atoms with van der Waals surface area (Å²) in [5.74, 6) is -0.864. The normalized spacial score (nSPS) is 9.91. The molecule has 0 saturated carbocycles. The maximum absolute atomic E-state index is 13.6. The van der Waals surface area contributed by atoms with Gasteiger partial charge in [0.25, 0.3) is 0 Å². The second-order valence-corrected chi connectivity index (χ2v) is 4.74. The van der Waals surface area contributed by atoms with Crippen molar-refractivity contribution >= 4 is 17.6 Å². The Morgan fingerprint density at radius 1 is 1.32 bits per heavy atom. The fourth-order valence-corrected chi connectivity index (χ4v) is 2.06. The van der Waals surface area contributed by atoms with Crippen LogP contribution < -0.4 is 9.47 Å². The standard InChI is InChI=1S/C16H11ClFNO3/c1-21-15-7-10(9-19)5-6-14(15)22-16(20)8-11-12(17)3-2-4-13(11)18/h2-7H,8H2,1H3. The SMILES string of the molecule is COc1cc(C#N)ccc1OC(=O)Cc1c(F)cccc1Cl. The van der Waals surface area contributed by atoms with Crippen molar-refractivity contribution in [2.45, 2.75) is 6.42 Å². The molecule has 2 aromatic rings. The number of methoxy groups -OCH3 is 1. The van der Waals surface area contributed by atoms with E-state index in [1.807, 2.05) is 6.07 Å². The third kappa shape index (κ3) is 3.54. The summed E-state index contributed by atoms with van der Waals surface area (Å²) in [6, 6.07) is 10.5. The molecule has 0 bridgehead atoms. The Bertz CT molecular complexity index is 735. The number of nitrogens with zero attached hydrogens (tertiary/aromatic N) is 1. The minimum absolute atomic E-state index is 0.0711. The fraction of sp³-hybridized carbons (Fsp3) is 0.125. The zero-order valence-corrected chi connectivity index (χ0v) is 12.4. The molecule has 0 fully saturated rings. The Hall–Kier alpha value is -2.58. The summed E-state index contributed by atoms with van der Waals surface area (Å²) in [4.78, 5) is 11.9. The number of benzene rings is 2. The van der Waals surface area contributed by atoms with Gasteiger partial charge in [0.2, 0.25) is 0 Å². The van der Waals surface area contributed by atoms with E-state index in [9.17, 15) is 9.18 Å². The lowest BCUT2D eigenvalue weighted by Gasteiger charge is -2.10. The van der Waals surface area contributed by atoms with Crippen LogP contribution in [0.25, 0.3) is 0 Å². The lowest BCUT2D eigenvalue weighted by atomic mass is 10.1. The van der Waals surface area contributed by atoms with Gasteiger partial charge in [0.05, 0.1) is 25.2 Å². The van der Waals surface area contributed by atoms with Crippen molar-refractivity contribution in [2.75, 3.05) is 7.11 Å². The van der Waals surface area contributed by atoms with Gasteiger partial charge in [0.15, 0.2) is 11.5 Å². The number of hydrogen-bond donors (Lipinski definition) is 0. The number of nitriles is 1. The molecule has 112 valence electrons. The van der Waals surface area contributed by atoms with Crippen molar-refractivity contribution in [3.05, 3.63) is 58.4 Å². The van der Waals surface area contributed by atoms with E-state index in [2.05, 4.69) is 0 Å². The van der Waals surface area contributed by atoms with Crippen LogP contribution in [0.3, 0.4) is 0 Å². The predicted molar refractivity (Wildman–Crippen MR) is 78.5 cm³/mol. The van der Waals surface area contributed by atoms with E-state index < -0.39 is 11.8 Å². The second kappa shape index (κ2) is 6.92. The van der Waals surface area contributed by atoms with Gasteiger partial charge in [-0.25, -0.2) is 4.39 Å². The van der Waals surface area contributed by atoms with E-state index in [4.69, 9.17) is 26.3 Å². The summed E-state index contributed by atoms with van der Waals surface area (Å²) in [5, 5.41) is 8.97. The molecule has 0 heterocycles. The first-order valence-electron chi connectivity index (χ1n) is 6.27. The summed E-state index contributed by atoms with van der Waals surface area (Å²) in [6.07, 6.45) is -0.311. The number of ether oxygens (including phenoxy) is 2. The topological polar surface area (TPSA) is 59.3 Å². The highest BCUT2D eigenvalue weighted by molar-refractivity contribution is 6.31. The summed E-state index contributed by atoms with van der Waals surface area (Å²) in [7, 11) is 1.39. The molecule has 0 atom stereocenters. The molecule has 0 aliphatic heterocycles. The summed E-state index contributed by atoms with van der Waals surface area (Å²) in [6.45, 7) is 0. The molecule has 0 unspecified atom stereocenters. The number of esters is 1. The zero-order chi connectivity index (χ0) is 16.1. The molecule has 22 heavy (non-hydrogen) atoms. The Labute approximate surface area is 131 Å². The second-order valence-electron chi connectivity index (χ2n) is 4.33. The monoisotopic (exact) mass is 319 g/mol. The average molecular weight is 320 g/mol. The Kier molecular flexibility index (Phi) is 4.97. The van der Waals surface area contributed by atoms with Crippen LogP contribution in [-0.4, -0.2) is 13.1 Å². The van der Waals surface area contributed by atoms with Gasteiger partial charge in [-0.15, -0.1) is 0 Å². The van der Waals surface area contributed by atoms with Crippen LogP contribution in [0, 0.1) is 17.1 Å². The molecule has 0 aromatic heterocycles. The van der Waals surface area contributed by atoms with Gasteiger partial charge in [-0.3, -0.25) is 4.79 Å². The van der Waals surface area contributed by atoms with E-state index in [-0.39, 0.29) is 28.5 Å². The number of rotatable bonds is 4. The molecule has 4 nitrogen and oxygen atoms in total. The van der Waals surface area contributed by atoms with E-state index in [0.29, 0.717) is 5.56 Å². The quantitative estimate of drug-likeness (QED) is 0.639. The minimum atomic E-state index is -0.685. The third-order valence-electron chi connectivity index (χ3n) is 2.90. The van der Waals surface area contributed by atoms with E-state index in [1.165, 1.54) is 43.5 Å². The first-order chi connectivity index (χ1) is 10.5. The van der Waals surface area contributed by atoms with Gasteiger partial charge in [0.1, 0.15) is 5.82 Å². The van der Waals surface area contributed by atoms with Crippen LogP contribution in [0.4, 0.5) is 4.39 Å². The van der Waals surface area contributed by atoms with Crippen molar-refractivity contribution in [3.63, 3.8) is 0 Å². The highest BCUT2D eigenvalue weighted by Gasteiger charge is 2.15. The van der Waals surface area contributed by atoms with Crippen molar-refractivity contribution in [3.8, 4) is 17.6 Å². The number of halogens is 2. The van der Waals surface area contributed by atoms with E-state index in [0.717, 1.165) is 0 Å². The number of carbonyl (C=O) groups is 1. The predicted octanol–water partition coefficient (Wildman–Crippen LogP) is 3.51. The largest absolute Gasteiger partial charge is 0.493 e. The maximum Gasteiger partial charge on any atom is 0.315 e. The Balaban J connectivity index is 2.18. The minimum Gasteiger partial charge on any atom is -0.493 e. The van der Waals surface area contributed by atoms with Gasteiger partial charge in [-0.05, 0) is 24.3 Å². The van der Waals surface area contributed by atoms with Crippen molar-refractivity contribution in [2.24, 2.45) is 0 Å². The van der Waals surface area contributed by atoms with Gasteiger partial charge in [-0.2, -0.15) is 5.26 Å². The molecule has 6 heteroatoms. The van der Waals surface area contributed by atoms with Crippen LogP contribution in [0.1, 0.15) is 11.1 Å². The highest BCUT2D eigenvalue weighted by atomic mass is 35.5. The molecule has 0 aliphatic carbocycles. The molecular formula is C16H11ClFNO3. The van der Waals surface area contributed by atoms with Gasteiger partial charge in [0, 0.05) is 16.7 Å². The third-order valence-corrected chi connectivity index (χ3v) is 3.25. The van der Waals surface area contributed by atoms with E-state index in [1.54, 1.807) is 0 Å². The van der Waals surface area contributed by atoms with Crippen LogP contribution >= 0.6 is 11.6 Å². The molecule has 2 aromatic carbocycles. The average Bonchev–Trinajstić information content (AvgIpc) is 2.51. The van der Waals surface area contributed by atoms with Crippen LogP contribution in [-0.2, 0) is 11.2 Å². The van der Waals surface area contributed by atoms with Gasteiger partial charge < -0.3 is 9.47 Å². The molecule has 0 spiro atoms. The van der Waals surface area contributed by atoms with Crippen molar-refractivity contribution in [1.29, 1.82) is 5.26 Å². The van der Waals surface area contributed by atoms with Crippen molar-refractivity contribution < 1.29 is 18.7 Å². The summed E-state index contributed by atoms with van der Waals surface area (Å²) >= 11 is 5.87. The lowest BCUT2D eigenvalue weighted by Crippen LogP contribution is -2.13. The zero-order valence-electron chi connectivity index (χ0n) is 11.6. The molecule has 0 N–H and O–H groups in total. The summed E-state index contributed by atoms with van der Waals surface area (Å²) < 4.78 is 23.8. The highest BCUT2D eigenvalue weighted by Crippen LogP contribution is 2.28.